The Balaban J connectivity index is 0.00000161. The van der Waals surface area contributed by atoms with Crippen LogP contribution in [0.2, 0.25) is 0 Å². The van der Waals surface area contributed by atoms with Gasteiger partial charge >= 0.3 is 5.69 Å². The number of nitro groups is 1. The highest BCUT2D eigenvalue weighted by molar-refractivity contribution is 7.89. The van der Waals surface area contributed by atoms with Crippen LogP contribution in [0.3, 0.4) is 0 Å². The molecule has 2 aliphatic rings. The summed E-state index contributed by atoms with van der Waals surface area (Å²) in [5.74, 6) is -0.717. The van der Waals surface area contributed by atoms with Crippen molar-refractivity contribution in [3.63, 3.8) is 0 Å². The third-order valence-corrected chi connectivity index (χ3v) is 5.30. The summed E-state index contributed by atoms with van der Waals surface area (Å²) in [5.41, 5.74) is -1.01. The molecular weight excluding hydrogens is 325 g/mol. The molecule has 10 heteroatoms. The number of fused-ring (bicyclic) bond motifs is 1. The molecule has 7 nitrogen and oxygen atoms in total. The molecule has 0 radical (unpaired) electrons. The van der Waals surface area contributed by atoms with Crippen LogP contribution in [0.5, 0.6) is 0 Å². The molecular formula is C11H13ClFN3O4S. The van der Waals surface area contributed by atoms with Gasteiger partial charge < -0.3 is 5.32 Å². The summed E-state index contributed by atoms with van der Waals surface area (Å²) in [4.78, 5) is 9.21. The van der Waals surface area contributed by atoms with Crippen molar-refractivity contribution in [1.82, 2.24) is 10.0 Å². The first-order valence-corrected chi connectivity index (χ1v) is 7.56. The summed E-state index contributed by atoms with van der Waals surface area (Å²) < 4.78 is 40.3. The van der Waals surface area contributed by atoms with Crippen LogP contribution in [0.25, 0.3) is 0 Å². The maximum absolute atomic E-state index is 13.5. The molecule has 1 saturated carbocycles. The zero-order valence-corrected chi connectivity index (χ0v) is 12.3. The van der Waals surface area contributed by atoms with Crippen molar-refractivity contribution >= 4 is 28.1 Å². The summed E-state index contributed by atoms with van der Waals surface area (Å²) in [6, 6.07) is 2.84. The van der Waals surface area contributed by atoms with Crippen molar-refractivity contribution in [2.45, 2.75) is 10.9 Å². The van der Waals surface area contributed by atoms with Gasteiger partial charge in [-0.2, -0.15) is 4.39 Å². The van der Waals surface area contributed by atoms with Gasteiger partial charge in [0.2, 0.25) is 15.8 Å². The minimum atomic E-state index is -4.10. The monoisotopic (exact) mass is 337 g/mol. The van der Waals surface area contributed by atoms with E-state index in [4.69, 9.17) is 0 Å². The molecule has 1 aromatic rings. The molecule has 1 aromatic carbocycles. The van der Waals surface area contributed by atoms with Crippen molar-refractivity contribution < 1.29 is 17.7 Å². The fourth-order valence-corrected chi connectivity index (χ4v) is 4.24. The fraction of sp³-hybridized carbons (Fsp3) is 0.455. The summed E-state index contributed by atoms with van der Waals surface area (Å²) in [6.45, 7) is 1.45. The SMILES string of the molecule is Cl.O=[N+]([O-])c1c(F)cccc1S(=O)(=O)NC1C2CNCC21. The quantitative estimate of drug-likeness (QED) is 0.620. The zero-order valence-electron chi connectivity index (χ0n) is 10.7. The first-order chi connectivity index (χ1) is 9.42. The van der Waals surface area contributed by atoms with Gasteiger partial charge in [0.25, 0.3) is 0 Å². The van der Waals surface area contributed by atoms with Crippen LogP contribution < -0.4 is 10.0 Å². The largest absolute Gasteiger partial charge is 0.324 e. The minimum Gasteiger partial charge on any atom is -0.316 e. The summed E-state index contributed by atoms with van der Waals surface area (Å²) in [6.07, 6.45) is 0. The standard InChI is InChI=1S/C11H12FN3O4S.ClH/c12-8-2-1-3-9(11(8)15(16)17)20(18,19)14-10-6-4-13-5-7(6)10;/h1-3,6-7,10,13-14H,4-5H2;1H. The molecule has 0 amide bonds. The number of nitrogens with zero attached hydrogens (tertiary/aromatic N) is 1. The zero-order chi connectivity index (χ0) is 14.5. The highest BCUT2D eigenvalue weighted by Crippen LogP contribution is 2.42. The van der Waals surface area contributed by atoms with Crippen LogP contribution >= 0.6 is 12.4 Å². The van der Waals surface area contributed by atoms with Crippen molar-refractivity contribution in [3.8, 4) is 0 Å². The smallest absolute Gasteiger partial charge is 0.316 e. The molecule has 1 aliphatic carbocycles. The lowest BCUT2D eigenvalue weighted by Gasteiger charge is -2.09. The van der Waals surface area contributed by atoms with E-state index in [1.807, 2.05) is 0 Å². The summed E-state index contributed by atoms with van der Waals surface area (Å²) >= 11 is 0. The lowest BCUT2D eigenvalue weighted by molar-refractivity contribution is -0.390. The Kier molecular flexibility index (Phi) is 4.20. The molecule has 1 aliphatic heterocycles. The minimum absolute atomic E-state index is 0. The number of nitrogens with one attached hydrogen (secondary N) is 2. The first-order valence-electron chi connectivity index (χ1n) is 6.08. The molecule has 0 spiro atoms. The van der Waals surface area contributed by atoms with Crippen molar-refractivity contribution in [2.24, 2.45) is 11.8 Å². The number of piperidine rings is 1. The number of para-hydroxylation sites is 1. The van der Waals surface area contributed by atoms with E-state index in [-0.39, 0.29) is 30.3 Å². The van der Waals surface area contributed by atoms with Crippen molar-refractivity contribution in [2.75, 3.05) is 13.1 Å². The number of rotatable bonds is 4. The Morgan fingerprint density at radius 1 is 1.33 bits per heavy atom. The number of halogens is 2. The van der Waals surface area contributed by atoms with Crippen LogP contribution in [-0.2, 0) is 10.0 Å². The first kappa shape index (κ1) is 16.1. The van der Waals surface area contributed by atoms with Crippen molar-refractivity contribution in [1.29, 1.82) is 0 Å². The van der Waals surface area contributed by atoms with Gasteiger partial charge in [-0.05, 0) is 37.1 Å². The third-order valence-electron chi connectivity index (χ3n) is 3.80. The Labute approximate surface area is 126 Å². The van der Waals surface area contributed by atoms with E-state index in [0.717, 1.165) is 31.3 Å². The van der Waals surface area contributed by atoms with Crippen LogP contribution in [0.15, 0.2) is 23.1 Å². The van der Waals surface area contributed by atoms with Crippen molar-refractivity contribution in [3.05, 3.63) is 34.1 Å². The Morgan fingerprint density at radius 2 is 1.95 bits per heavy atom. The molecule has 0 aromatic heterocycles. The molecule has 1 saturated heterocycles. The molecule has 1 heterocycles. The maximum atomic E-state index is 13.5. The maximum Gasteiger partial charge on any atom is 0.324 e. The van der Waals surface area contributed by atoms with E-state index in [0.29, 0.717) is 0 Å². The van der Waals surface area contributed by atoms with Crippen LogP contribution in [-0.4, -0.2) is 32.5 Å². The number of benzene rings is 1. The van der Waals surface area contributed by atoms with Crippen LogP contribution in [0.4, 0.5) is 10.1 Å². The normalized spacial score (nSPS) is 26.8. The predicted molar refractivity (Wildman–Crippen MR) is 74.3 cm³/mol. The molecule has 116 valence electrons. The van der Waals surface area contributed by atoms with E-state index in [1.54, 1.807) is 0 Å². The Bertz CT molecular complexity index is 674. The van der Waals surface area contributed by atoms with E-state index >= 15 is 0 Å². The Hall–Kier alpha value is -1.29. The number of sulfonamides is 1. The number of hydrogen-bond acceptors (Lipinski definition) is 5. The Morgan fingerprint density at radius 3 is 2.52 bits per heavy atom. The molecule has 2 unspecified atom stereocenters. The molecule has 21 heavy (non-hydrogen) atoms. The van der Waals surface area contributed by atoms with Gasteiger partial charge in [-0.3, -0.25) is 10.1 Å². The molecule has 2 N–H and O–H groups in total. The molecule has 2 atom stereocenters. The van der Waals surface area contributed by atoms with Gasteiger partial charge in [-0.1, -0.05) is 6.07 Å². The van der Waals surface area contributed by atoms with E-state index in [9.17, 15) is 22.9 Å². The van der Waals surface area contributed by atoms with E-state index < -0.39 is 31.3 Å². The highest BCUT2D eigenvalue weighted by Gasteiger charge is 2.54. The van der Waals surface area contributed by atoms with E-state index in [1.165, 1.54) is 0 Å². The number of hydrogen-bond donors (Lipinski definition) is 2. The van der Waals surface area contributed by atoms with E-state index in [2.05, 4.69) is 10.0 Å². The highest BCUT2D eigenvalue weighted by atomic mass is 35.5. The summed E-state index contributed by atoms with van der Waals surface area (Å²) in [7, 11) is -4.10. The predicted octanol–water partition coefficient (Wildman–Crippen LogP) is 0.652. The third kappa shape index (κ3) is 2.73. The van der Waals surface area contributed by atoms with Gasteiger partial charge in [-0.15, -0.1) is 12.4 Å². The van der Waals surface area contributed by atoms with Gasteiger partial charge in [-0.25, -0.2) is 13.1 Å². The molecule has 0 bridgehead atoms. The second-order valence-corrected chi connectivity index (χ2v) is 6.66. The summed E-state index contributed by atoms with van der Waals surface area (Å²) in [5, 5.41) is 14.0. The molecule has 3 rings (SSSR count). The lowest BCUT2D eigenvalue weighted by atomic mass is 10.3. The number of nitro benzene ring substituents is 1. The van der Waals surface area contributed by atoms with Gasteiger partial charge in [0.05, 0.1) is 4.92 Å². The topological polar surface area (TPSA) is 101 Å². The molecule has 2 fully saturated rings. The fourth-order valence-electron chi connectivity index (χ4n) is 2.73. The van der Waals surface area contributed by atoms with Gasteiger partial charge in [0, 0.05) is 6.04 Å². The lowest BCUT2D eigenvalue weighted by Crippen LogP contribution is -2.33. The average molecular weight is 338 g/mol. The van der Waals surface area contributed by atoms with Crippen LogP contribution in [0.1, 0.15) is 0 Å². The van der Waals surface area contributed by atoms with Gasteiger partial charge in [0.15, 0.2) is 4.90 Å². The second kappa shape index (κ2) is 5.48. The average Bonchev–Trinajstić information content (AvgIpc) is 2.82. The van der Waals surface area contributed by atoms with Crippen LogP contribution in [0, 0.1) is 27.8 Å². The second-order valence-electron chi connectivity index (χ2n) is 4.98. The van der Waals surface area contributed by atoms with Gasteiger partial charge in [0.1, 0.15) is 0 Å².